The Morgan fingerprint density at radius 1 is 1.33 bits per heavy atom. The van der Waals surface area contributed by atoms with Crippen LogP contribution in [0.15, 0.2) is 30.3 Å². The molecule has 3 rings (SSSR count). The number of rotatable bonds is 3. The van der Waals surface area contributed by atoms with Gasteiger partial charge in [-0.2, -0.15) is 0 Å². The maximum atomic E-state index is 12.1. The lowest BCUT2D eigenvalue weighted by molar-refractivity contribution is 0.0592. The zero-order valence-electron chi connectivity index (χ0n) is 10.8. The predicted octanol–water partition coefficient (Wildman–Crippen LogP) is 2.80. The Balaban J connectivity index is 1.63. The highest BCUT2D eigenvalue weighted by molar-refractivity contribution is 5.76. The summed E-state index contributed by atoms with van der Waals surface area (Å²) < 4.78 is 0. The number of hydrogen-bond donors (Lipinski definition) is 1. The normalized spacial score (nSPS) is 26.6. The molecule has 1 saturated carbocycles. The van der Waals surface area contributed by atoms with Gasteiger partial charge in [0.25, 0.3) is 0 Å². The topological polar surface area (TPSA) is 32.3 Å². The molecule has 18 heavy (non-hydrogen) atoms. The smallest absolute Gasteiger partial charge is 0.317 e. The van der Waals surface area contributed by atoms with Crippen molar-refractivity contribution >= 4 is 6.03 Å². The summed E-state index contributed by atoms with van der Waals surface area (Å²) in [6, 6.07) is 10.7. The second-order valence-electron chi connectivity index (χ2n) is 5.61. The van der Waals surface area contributed by atoms with Crippen LogP contribution in [0.2, 0.25) is 0 Å². The van der Waals surface area contributed by atoms with Crippen LogP contribution in [0.4, 0.5) is 4.79 Å². The molecule has 1 aliphatic carbocycles. The molecule has 1 aromatic rings. The Kier molecular flexibility index (Phi) is 2.98. The Bertz CT molecular complexity index is 427. The molecule has 2 fully saturated rings. The number of amides is 2. The van der Waals surface area contributed by atoms with E-state index in [9.17, 15) is 4.79 Å². The van der Waals surface area contributed by atoms with Gasteiger partial charge in [-0.1, -0.05) is 37.3 Å². The van der Waals surface area contributed by atoms with Crippen molar-refractivity contribution in [1.29, 1.82) is 0 Å². The second-order valence-corrected chi connectivity index (χ2v) is 5.61. The summed E-state index contributed by atoms with van der Waals surface area (Å²) in [5.41, 5.74) is 1.25. The molecule has 1 N–H and O–H groups in total. The minimum absolute atomic E-state index is 0.105. The molecule has 1 aromatic carbocycles. The first-order chi connectivity index (χ1) is 8.75. The van der Waals surface area contributed by atoms with E-state index in [1.54, 1.807) is 0 Å². The number of benzene rings is 1. The van der Waals surface area contributed by atoms with E-state index >= 15 is 0 Å². The van der Waals surface area contributed by atoms with Gasteiger partial charge in [-0.25, -0.2) is 4.79 Å². The van der Waals surface area contributed by atoms with Gasteiger partial charge in [0.15, 0.2) is 0 Å². The van der Waals surface area contributed by atoms with E-state index < -0.39 is 0 Å². The fourth-order valence-corrected chi connectivity index (χ4v) is 2.72. The van der Waals surface area contributed by atoms with Gasteiger partial charge in [0.1, 0.15) is 0 Å². The average molecular weight is 244 g/mol. The molecule has 0 aromatic heterocycles. The van der Waals surface area contributed by atoms with Crippen molar-refractivity contribution in [3.8, 4) is 0 Å². The molecule has 2 atom stereocenters. The molecule has 2 aliphatic rings. The van der Waals surface area contributed by atoms with Crippen LogP contribution in [0, 0.1) is 11.8 Å². The van der Waals surface area contributed by atoms with E-state index in [1.807, 2.05) is 23.1 Å². The van der Waals surface area contributed by atoms with E-state index in [2.05, 4.69) is 24.4 Å². The molecular weight excluding hydrogens is 224 g/mol. The number of carbonyl (C=O) groups is 1. The molecule has 0 unspecified atom stereocenters. The van der Waals surface area contributed by atoms with Crippen molar-refractivity contribution in [2.75, 3.05) is 13.1 Å². The summed E-state index contributed by atoms with van der Waals surface area (Å²) in [5, 5.41) is 3.05. The van der Waals surface area contributed by atoms with Crippen LogP contribution in [0.25, 0.3) is 0 Å². The Labute approximate surface area is 108 Å². The molecular formula is C15H20N2O. The third-order valence-corrected chi connectivity index (χ3v) is 4.00. The van der Waals surface area contributed by atoms with Crippen molar-refractivity contribution in [3.63, 3.8) is 0 Å². The van der Waals surface area contributed by atoms with E-state index in [1.165, 1.54) is 18.4 Å². The molecule has 0 radical (unpaired) electrons. The lowest BCUT2D eigenvalue weighted by Gasteiger charge is -2.46. The molecule has 1 aliphatic heterocycles. The molecule has 3 nitrogen and oxygen atoms in total. The number of nitrogens with one attached hydrogen (secondary N) is 1. The van der Waals surface area contributed by atoms with Gasteiger partial charge in [0, 0.05) is 13.1 Å². The third-order valence-electron chi connectivity index (χ3n) is 4.00. The van der Waals surface area contributed by atoms with Gasteiger partial charge in [-0.3, -0.25) is 0 Å². The lowest BCUT2D eigenvalue weighted by atomic mass is 9.85. The van der Waals surface area contributed by atoms with E-state index in [-0.39, 0.29) is 12.1 Å². The molecule has 96 valence electrons. The summed E-state index contributed by atoms with van der Waals surface area (Å²) in [6.45, 7) is 3.93. The van der Waals surface area contributed by atoms with Gasteiger partial charge in [-0.15, -0.1) is 0 Å². The van der Waals surface area contributed by atoms with Gasteiger partial charge < -0.3 is 10.2 Å². The summed E-state index contributed by atoms with van der Waals surface area (Å²) in [5.74, 6) is 1.29. The Morgan fingerprint density at radius 3 is 2.67 bits per heavy atom. The molecule has 2 amide bonds. The Morgan fingerprint density at radius 2 is 2.06 bits per heavy atom. The summed E-state index contributed by atoms with van der Waals surface area (Å²) in [4.78, 5) is 14.1. The quantitative estimate of drug-likeness (QED) is 0.871. The maximum Gasteiger partial charge on any atom is 0.317 e. The van der Waals surface area contributed by atoms with Crippen molar-refractivity contribution in [1.82, 2.24) is 10.2 Å². The monoisotopic (exact) mass is 244 g/mol. The highest BCUT2D eigenvalue weighted by Gasteiger charge is 2.40. The first-order valence-corrected chi connectivity index (χ1v) is 6.85. The number of likely N-dealkylation sites (tertiary alicyclic amines) is 1. The van der Waals surface area contributed by atoms with E-state index in [4.69, 9.17) is 0 Å². The second kappa shape index (κ2) is 4.63. The molecule has 1 heterocycles. The first kappa shape index (κ1) is 11.6. The minimum Gasteiger partial charge on any atom is -0.338 e. The van der Waals surface area contributed by atoms with Crippen molar-refractivity contribution in [3.05, 3.63) is 35.9 Å². The van der Waals surface area contributed by atoms with Crippen LogP contribution in [-0.4, -0.2) is 24.0 Å². The summed E-state index contributed by atoms with van der Waals surface area (Å²) in [7, 11) is 0. The number of hydrogen-bond acceptors (Lipinski definition) is 1. The van der Waals surface area contributed by atoms with Crippen molar-refractivity contribution in [2.45, 2.75) is 25.8 Å². The van der Waals surface area contributed by atoms with Crippen LogP contribution >= 0.6 is 0 Å². The fourth-order valence-electron chi connectivity index (χ4n) is 2.72. The molecule has 0 bridgehead atoms. The van der Waals surface area contributed by atoms with Gasteiger partial charge in [-0.05, 0) is 30.2 Å². The van der Waals surface area contributed by atoms with Crippen molar-refractivity contribution < 1.29 is 4.79 Å². The van der Waals surface area contributed by atoms with Gasteiger partial charge in [0.2, 0.25) is 0 Å². The lowest BCUT2D eigenvalue weighted by Crippen LogP contribution is -2.55. The molecule has 1 saturated heterocycles. The number of urea groups is 1. The summed E-state index contributed by atoms with van der Waals surface area (Å²) in [6.07, 6.45) is 2.55. The average Bonchev–Trinajstić information content (AvgIpc) is 3.18. The van der Waals surface area contributed by atoms with E-state index in [0.29, 0.717) is 5.92 Å². The van der Waals surface area contributed by atoms with Crippen LogP contribution < -0.4 is 5.32 Å². The highest BCUT2D eigenvalue weighted by atomic mass is 16.2. The van der Waals surface area contributed by atoms with Crippen molar-refractivity contribution in [2.24, 2.45) is 11.8 Å². The van der Waals surface area contributed by atoms with E-state index in [0.717, 1.165) is 19.0 Å². The van der Waals surface area contributed by atoms with Gasteiger partial charge in [0.05, 0.1) is 6.04 Å². The van der Waals surface area contributed by atoms with Crippen LogP contribution in [-0.2, 0) is 0 Å². The third kappa shape index (κ3) is 2.22. The summed E-state index contributed by atoms with van der Waals surface area (Å²) >= 11 is 0. The van der Waals surface area contributed by atoms with Crippen LogP contribution in [0.5, 0.6) is 0 Å². The first-order valence-electron chi connectivity index (χ1n) is 6.85. The van der Waals surface area contributed by atoms with Crippen LogP contribution in [0.1, 0.15) is 31.4 Å². The number of nitrogens with zero attached hydrogens (tertiary/aromatic N) is 1. The highest BCUT2D eigenvalue weighted by Crippen LogP contribution is 2.38. The Hall–Kier alpha value is -1.51. The SMILES string of the molecule is C[C@@H]1CN(C(=O)NCC2CC2)[C@H]1c1ccccc1. The zero-order valence-corrected chi connectivity index (χ0v) is 10.8. The predicted molar refractivity (Wildman–Crippen MR) is 71.2 cm³/mol. The van der Waals surface area contributed by atoms with Gasteiger partial charge >= 0.3 is 6.03 Å². The zero-order chi connectivity index (χ0) is 12.5. The molecule has 0 spiro atoms. The number of carbonyl (C=O) groups excluding carboxylic acids is 1. The maximum absolute atomic E-state index is 12.1. The molecule has 3 heteroatoms. The minimum atomic E-state index is 0.105. The largest absolute Gasteiger partial charge is 0.338 e. The standard InChI is InChI=1S/C15H20N2O/c1-11-10-17(15(18)16-9-12-7-8-12)14(11)13-5-3-2-4-6-13/h2-6,11-12,14H,7-10H2,1H3,(H,16,18)/t11-,14-/m1/s1. The fraction of sp³-hybridized carbons (Fsp3) is 0.533. The van der Waals surface area contributed by atoms with Crippen LogP contribution in [0.3, 0.4) is 0 Å².